The van der Waals surface area contributed by atoms with E-state index in [0.29, 0.717) is 12.0 Å². The predicted molar refractivity (Wildman–Crippen MR) is 123 cm³/mol. The number of rotatable bonds is 4. The highest BCUT2D eigenvalue weighted by molar-refractivity contribution is 5.99. The Morgan fingerprint density at radius 3 is 2.75 bits per heavy atom. The van der Waals surface area contributed by atoms with Crippen LogP contribution in [0.4, 0.5) is 0 Å². The molecule has 1 aromatic carbocycles. The van der Waals surface area contributed by atoms with Gasteiger partial charge in [-0.15, -0.1) is 0 Å². The monoisotopic (exact) mass is 427 g/mol. The zero-order valence-electron chi connectivity index (χ0n) is 18.9. The molecule has 3 heterocycles. The number of oxazole rings is 1. The maximum atomic E-state index is 12.6. The van der Waals surface area contributed by atoms with E-state index in [1.54, 1.807) is 4.90 Å². The molecule has 0 unspecified atom stereocenters. The highest BCUT2D eigenvalue weighted by Crippen LogP contribution is 2.41. The third kappa shape index (κ3) is 3.26. The molecule has 3 aliphatic rings. The van der Waals surface area contributed by atoms with Gasteiger partial charge in [-0.3, -0.25) is 9.78 Å². The van der Waals surface area contributed by atoms with E-state index >= 15 is 0 Å². The number of hydrogen-bond donors (Lipinski definition) is 0. The number of aromatic nitrogens is 2. The average molecular weight is 428 g/mol. The lowest BCUT2D eigenvalue weighted by molar-refractivity contribution is 0.0816. The van der Waals surface area contributed by atoms with Crippen LogP contribution in [0, 0.1) is 5.41 Å². The van der Waals surface area contributed by atoms with Crippen molar-refractivity contribution in [1.82, 2.24) is 14.9 Å². The topological polar surface area (TPSA) is 59.2 Å². The summed E-state index contributed by atoms with van der Waals surface area (Å²) in [4.78, 5) is 24.1. The first-order valence-electron chi connectivity index (χ1n) is 11.9. The Morgan fingerprint density at radius 1 is 1.06 bits per heavy atom. The maximum absolute atomic E-state index is 12.6. The Labute approximate surface area is 188 Å². The van der Waals surface area contributed by atoms with Gasteiger partial charge in [0, 0.05) is 42.4 Å². The van der Waals surface area contributed by atoms with Gasteiger partial charge in [0.25, 0.3) is 5.91 Å². The molecular formula is C27H29N3O2. The highest BCUT2D eigenvalue weighted by Gasteiger charge is 2.31. The lowest BCUT2D eigenvalue weighted by atomic mass is 9.85. The standard InChI is InChI=1S/C27H29N3O2/c1-27(10-3-4-11-27)14-24-28-15-23(32-24)21-12-17-6-5-7-22(17)29-25(21)18-8-9-19-16-30(2)26(31)20(19)13-18/h8-9,12-13,15H,3-7,10-11,14,16H2,1-2H3. The zero-order valence-corrected chi connectivity index (χ0v) is 18.9. The minimum atomic E-state index is 0.0799. The summed E-state index contributed by atoms with van der Waals surface area (Å²) in [5, 5.41) is 0. The van der Waals surface area contributed by atoms with Gasteiger partial charge in [0.05, 0.1) is 11.9 Å². The SMILES string of the molecule is CN1Cc2ccc(-c3nc4c(cc3-c3cnc(CC5(C)CCCC5)o3)CCC4)cc2C1=O. The molecule has 2 aliphatic carbocycles. The second kappa shape index (κ2) is 7.29. The van der Waals surface area contributed by atoms with Gasteiger partial charge in [0.2, 0.25) is 0 Å². The van der Waals surface area contributed by atoms with Crippen LogP contribution in [0.15, 0.2) is 34.9 Å². The number of carbonyl (C=O) groups is 1. The summed E-state index contributed by atoms with van der Waals surface area (Å²) in [6.07, 6.45) is 11.0. The Morgan fingerprint density at radius 2 is 1.91 bits per heavy atom. The van der Waals surface area contributed by atoms with Gasteiger partial charge in [0.15, 0.2) is 11.7 Å². The van der Waals surface area contributed by atoms with Crippen LogP contribution in [-0.2, 0) is 25.8 Å². The Kier molecular flexibility index (Phi) is 4.49. The molecule has 1 aliphatic heterocycles. The van der Waals surface area contributed by atoms with Crippen LogP contribution in [0.5, 0.6) is 0 Å². The molecule has 32 heavy (non-hydrogen) atoms. The molecule has 5 nitrogen and oxygen atoms in total. The molecule has 2 aromatic heterocycles. The number of fused-ring (bicyclic) bond motifs is 2. The molecule has 0 radical (unpaired) electrons. The summed E-state index contributed by atoms with van der Waals surface area (Å²) in [5.74, 6) is 1.68. The minimum absolute atomic E-state index is 0.0799. The molecule has 1 fully saturated rings. The first kappa shape index (κ1) is 19.7. The summed E-state index contributed by atoms with van der Waals surface area (Å²) >= 11 is 0. The summed E-state index contributed by atoms with van der Waals surface area (Å²) in [6, 6.07) is 8.41. The normalized spacial score (nSPS) is 18.9. The van der Waals surface area contributed by atoms with Crippen molar-refractivity contribution >= 4 is 5.91 Å². The smallest absolute Gasteiger partial charge is 0.254 e. The van der Waals surface area contributed by atoms with Gasteiger partial charge in [0.1, 0.15) is 0 Å². The Hall–Kier alpha value is -2.95. The van der Waals surface area contributed by atoms with Crippen molar-refractivity contribution in [2.75, 3.05) is 7.05 Å². The van der Waals surface area contributed by atoms with Crippen LogP contribution in [0.1, 0.15) is 72.1 Å². The van der Waals surface area contributed by atoms with Crippen LogP contribution in [0.3, 0.4) is 0 Å². The number of amides is 1. The molecular weight excluding hydrogens is 398 g/mol. The molecule has 0 saturated heterocycles. The average Bonchev–Trinajstić information content (AvgIpc) is 3.56. The van der Waals surface area contributed by atoms with Crippen molar-refractivity contribution in [3.63, 3.8) is 0 Å². The van der Waals surface area contributed by atoms with Gasteiger partial charge in [-0.1, -0.05) is 31.9 Å². The number of pyridine rings is 1. The number of aryl methyl sites for hydroxylation is 2. The molecule has 0 atom stereocenters. The van der Waals surface area contributed by atoms with E-state index < -0.39 is 0 Å². The summed E-state index contributed by atoms with van der Waals surface area (Å²) in [7, 11) is 1.85. The molecule has 0 bridgehead atoms. The van der Waals surface area contributed by atoms with E-state index in [-0.39, 0.29) is 5.91 Å². The first-order valence-corrected chi connectivity index (χ1v) is 11.9. The Bertz CT molecular complexity index is 1220. The molecule has 5 heteroatoms. The Balaban J connectivity index is 1.42. The van der Waals surface area contributed by atoms with Crippen LogP contribution in [0.2, 0.25) is 0 Å². The summed E-state index contributed by atoms with van der Waals surface area (Å²) in [6.45, 7) is 3.02. The zero-order chi connectivity index (χ0) is 21.9. The van der Waals surface area contributed by atoms with E-state index in [1.807, 2.05) is 19.3 Å². The van der Waals surface area contributed by atoms with Crippen LogP contribution in [-0.4, -0.2) is 27.8 Å². The molecule has 6 rings (SSSR count). The van der Waals surface area contributed by atoms with Gasteiger partial charge >= 0.3 is 0 Å². The van der Waals surface area contributed by atoms with Gasteiger partial charge < -0.3 is 9.32 Å². The molecule has 0 spiro atoms. The molecule has 1 amide bonds. The lowest BCUT2D eigenvalue weighted by Crippen LogP contribution is -2.17. The molecule has 3 aromatic rings. The fourth-order valence-electron chi connectivity index (χ4n) is 5.76. The van der Waals surface area contributed by atoms with Crippen LogP contribution < -0.4 is 0 Å². The van der Waals surface area contributed by atoms with Crippen molar-refractivity contribution in [2.24, 2.45) is 5.41 Å². The highest BCUT2D eigenvalue weighted by atomic mass is 16.4. The minimum Gasteiger partial charge on any atom is -0.441 e. The van der Waals surface area contributed by atoms with E-state index in [2.05, 4.69) is 30.1 Å². The number of hydrogen-bond acceptors (Lipinski definition) is 4. The predicted octanol–water partition coefficient (Wildman–Crippen LogP) is 5.60. The van der Waals surface area contributed by atoms with E-state index in [1.165, 1.54) is 36.9 Å². The van der Waals surface area contributed by atoms with Crippen molar-refractivity contribution in [3.8, 4) is 22.6 Å². The van der Waals surface area contributed by atoms with Crippen molar-refractivity contribution < 1.29 is 9.21 Å². The van der Waals surface area contributed by atoms with E-state index in [0.717, 1.165) is 65.3 Å². The van der Waals surface area contributed by atoms with Gasteiger partial charge in [-0.2, -0.15) is 0 Å². The third-order valence-corrected chi connectivity index (χ3v) is 7.63. The first-order chi connectivity index (χ1) is 15.5. The number of carbonyl (C=O) groups excluding carboxylic acids is 1. The number of benzene rings is 1. The third-order valence-electron chi connectivity index (χ3n) is 7.63. The van der Waals surface area contributed by atoms with Crippen molar-refractivity contribution in [3.05, 3.63) is 58.7 Å². The second-order valence-corrected chi connectivity index (χ2v) is 10.2. The molecule has 1 saturated carbocycles. The van der Waals surface area contributed by atoms with Crippen LogP contribution >= 0.6 is 0 Å². The van der Waals surface area contributed by atoms with Crippen molar-refractivity contribution in [2.45, 2.75) is 64.8 Å². The largest absolute Gasteiger partial charge is 0.441 e. The second-order valence-electron chi connectivity index (χ2n) is 10.2. The van der Waals surface area contributed by atoms with Crippen LogP contribution in [0.25, 0.3) is 22.6 Å². The summed E-state index contributed by atoms with van der Waals surface area (Å²) < 4.78 is 6.32. The fraction of sp³-hybridized carbons (Fsp3) is 0.444. The number of nitrogens with zero attached hydrogens (tertiary/aromatic N) is 3. The van der Waals surface area contributed by atoms with Gasteiger partial charge in [-0.25, -0.2) is 4.98 Å². The molecule has 0 N–H and O–H groups in total. The molecule has 164 valence electrons. The summed E-state index contributed by atoms with van der Waals surface area (Å²) in [5.41, 5.74) is 7.49. The fourth-order valence-corrected chi connectivity index (χ4v) is 5.76. The quantitative estimate of drug-likeness (QED) is 0.544. The van der Waals surface area contributed by atoms with E-state index in [4.69, 9.17) is 9.40 Å². The van der Waals surface area contributed by atoms with Crippen molar-refractivity contribution in [1.29, 1.82) is 0 Å². The maximum Gasteiger partial charge on any atom is 0.254 e. The lowest BCUT2D eigenvalue weighted by Gasteiger charge is -2.20. The van der Waals surface area contributed by atoms with E-state index in [9.17, 15) is 4.79 Å². The van der Waals surface area contributed by atoms with Gasteiger partial charge in [-0.05, 0) is 60.8 Å².